The fraction of sp³-hybridized carbons (Fsp3) is 0.800. The molecule has 2 N–H and O–H groups in total. The number of hydrogen-bond acceptors (Lipinski definition) is 4. The molecule has 1 unspecified atom stereocenters. The van der Waals surface area contributed by atoms with Gasteiger partial charge in [-0.3, -0.25) is 9.59 Å². The topological polar surface area (TPSA) is 95.9 Å². The molecule has 1 aliphatic rings. The summed E-state index contributed by atoms with van der Waals surface area (Å²) >= 11 is 0. The first-order valence-corrected chi connectivity index (χ1v) is 7.96. The van der Waals surface area contributed by atoms with Gasteiger partial charge in [0.15, 0.2) is 0 Å². The van der Waals surface area contributed by atoms with Gasteiger partial charge in [-0.05, 0) is 27.2 Å². The van der Waals surface area contributed by atoms with Crippen molar-refractivity contribution in [2.75, 3.05) is 13.1 Å². The lowest BCUT2D eigenvalue weighted by Crippen LogP contribution is -2.43. The molecule has 1 saturated heterocycles. The molecule has 25 heavy (non-hydrogen) atoms. The molecule has 0 saturated carbocycles. The van der Waals surface area contributed by atoms with Gasteiger partial charge in [0.25, 0.3) is 0 Å². The van der Waals surface area contributed by atoms with Crippen molar-refractivity contribution in [3.05, 3.63) is 0 Å². The predicted molar refractivity (Wildman–Crippen MR) is 80.7 cm³/mol. The Hall–Kier alpha value is -2.00. The number of carbonyl (C=O) groups is 3. The zero-order chi connectivity index (χ0) is 19.4. The van der Waals surface area contributed by atoms with E-state index in [0.717, 1.165) is 4.90 Å². The van der Waals surface area contributed by atoms with Crippen LogP contribution in [0, 0.1) is 11.8 Å². The number of rotatable bonds is 6. The molecule has 0 bridgehead atoms. The monoisotopic (exact) mass is 368 g/mol. The number of hydrogen-bond donors (Lipinski definition) is 2. The minimum atomic E-state index is -4.69. The van der Waals surface area contributed by atoms with E-state index in [9.17, 15) is 27.6 Å². The first-order valence-electron chi connectivity index (χ1n) is 7.96. The summed E-state index contributed by atoms with van der Waals surface area (Å²) in [7, 11) is 0. The molecule has 0 aromatic heterocycles. The molecular weight excluding hydrogens is 345 g/mol. The second kappa shape index (κ2) is 8.39. The third-order valence-corrected chi connectivity index (χ3v) is 3.86. The van der Waals surface area contributed by atoms with Gasteiger partial charge in [0.1, 0.15) is 0 Å². The number of nitrogens with zero attached hydrogens (tertiary/aromatic N) is 1. The van der Waals surface area contributed by atoms with E-state index in [2.05, 4.69) is 5.32 Å². The molecule has 1 aliphatic heterocycles. The van der Waals surface area contributed by atoms with Crippen molar-refractivity contribution >= 4 is 18.0 Å². The van der Waals surface area contributed by atoms with E-state index in [1.807, 2.05) is 0 Å². The Morgan fingerprint density at radius 2 is 1.84 bits per heavy atom. The molecule has 7 nitrogen and oxygen atoms in total. The number of aliphatic carboxylic acids is 1. The van der Waals surface area contributed by atoms with Crippen LogP contribution in [0.5, 0.6) is 0 Å². The van der Waals surface area contributed by atoms with Gasteiger partial charge in [-0.2, -0.15) is 13.2 Å². The summed E-state index contributed by atoms with van der Waals surface area (Å²) in [6.07, 6.45) is -4.63. The smallest absolute Gasteiger partial charge is 0.394 e. The molecule has 3 atom stereocenters. The maximum atomic E-state index is 12.9. The van der Waals surface area contributed by atoms with Crippen molar-refractivity contribution in [2.45, 2.75) is 51.9 Å². The van der Waals surface area contributed by atoms with E-state index < -0.39 is 55.1 Å². The zero-order valence-electron chi connectivity index (χ0n) is 14.3. The van der Waals surface area contributed by atoms with Gasteiger partial charge in [0.05, 0.1) is 17.9 Å². The molecule has 0 spiro atoms. The number of urea groups is 1. The number of ether oxygens (including phenoxy) is 1. The highest BCUT2D eigenvalue weighted by Crippen LogP contribution is 2.37. The van der Waals surface area contributed by atoms with Gasteiger partial charge in [-0.25, -0.2) is 4.79 Å². The summed E-state index contributed by atoms with van der Waals surface area (Å²) in [5.41, 5.74) is 0. The first kappa shape index (κ1) is 21.0. The SMILES string of the molecule is CC(CCC(=O)OC(C)C)NC(=O)N1C[C@@H](C(F)(F)F)[C@H](C(=O)O)C1. The lowest BCUT2D eigenvalue weighted by atomic mass is 9.96. The maximum Gasteiger partial charge on any atom is 0.394 e. The minimum absolute atomic E-state index is 0.0581. The van der Waals surface area contributed by atoms with Gasteiger partial charge < -0.3 is 20.1 Å². The Kier molecular flexibility index (Phi) is 7.06. The van der Waals surface area contributed by atoms with Crippen molar-refractivity contribution < 1.29 is 37.4 Å². The van der Waals surface area contributed by atoms with Crippen LogP contribution in [0.3, 0.4) is 0 Å². The highest BCUT2D eigenvalue weighted by atomic mass is 19.4. The molecule has 0 aliphatic carbocycles. The van der Waals surface area contributed by atoms with Crippen LogP contribution in [0.25, 0.3) is 0 Å². The molecule has 0 aromatic rings. The summed E-state index contributed by atoms with van der Waals surface area (Å²) < 4.78 is 43.7. The largest absolute Gasteiger partial charge is 0.481 e. The van der Waals surface area contributed by atoms with E-state index in [1.165, 1.54) is 0 Å². The molecule has 2 amide bonds. The molecule has 144 valence electrons. The van der Waals surface area contributed by atoms with Crippen LogP contribution in [0.2, 0.25) is 0 Å². The summed E-state index contributed by atoms with van der Waals surface area (Å²) in [6.45, 7) is 3.80. The van der Waals surface area contributed by atoms with E-state index in [0.29, 0.717) is 0 Å². The fourth-order valence-corrected chi connectivity index (χ4v) is 2.58. The molecule has 1 heterocycles. The van der Waals surface area contributed by atoms with Crippen molar-refractivity contribution in [3.63, 3.8) is 0 Å². The zero-order valence-corrected chi connectivity index (χ0v) is 14.3. The maximum absolute atomic E-state index is 12.9. The highest BCUT2D eigenvalue weighted by Gasteiger charge is 2.53. The van der Waals surface area contributed by atoms with Gasteiger partial charge in [0.2, 0.25) is 0 Å². The number of carbonyl (C=O) groups excluding carboxylic acids is 2. The second-order valence-corrected chi connectivity index (χ2v) is 6.43. The van der Waals surface area contributed by atoms with Crippen LogP contribution in [-0.4, -0.2) is 59.4 Å². The fourth-order valence-electron chi connectivity index (χ4n) is 2.58. The first-order chi connectivity index (χ1) is 11.4. The standard InChI is InChI=1S/C15H23F3N2O5/c1-8(2)25-12(21)5-4-9(3)19-14(24)20-6-10(13(22)23)11(7-20)15(16,17)18/h8-11H,4-7H2,1-3H3,(H,19,24)(H,22,23)/t9?,10-,11-/m1/s1. The molecule has 1 rings (SSSR count). The second-order valence-electron chi connectivity index (χ2n) is 6.43. The Balaban J connectivity index is 2.54. The molecule has 10 heteroatoms. The van der Waals surface area contributed by atoms with Crippen LogP contribution in [0.1, 0.15) is 33.6 Å². The van der Waals surface area contributed by atoms with Crippen LogP contribution in [0.4, 0.5) is 18.0 Å². The number of nitrogens with one attached hydrogen (secondary N) is 1. The Bertz CT molecular complexity index is 510. The van der Waals surface area contributed by atoms with Crippen LogP contribution >= 0.6 is 0 Å². The van der Waals surface area contributed by atoms with E-state index >= 15 is 0 Å². The summed E-state index contributed by atoms with van der Waals surface area (Å²) in [6, 6.07) is -1.25. The Labute approximate surface area is 143 Å². The number of halogens is 3. The Morgan fingerprint density at radius 1 is 1.24 bits per heavy atom. The summed E-state index contributed by atoms with van der Waals surface area (Å²) in [5, 5.41) is 11.4. The van der Waals surface area contributed by atoms with Gasteiger partial charge >= 0.3 is 24.1 Å². The summed E-state index contributed by atoms with van der Waals surface area (Å²) in [5.74, 6) is -5.78. The van der Waals surface area contributed by atoms with Crippen molar-refractivity contribution in [3.8, 4) is 0 Å². The predicted octanol–water partition coefficient (Wildman–Crippen LogP) is 2.01. The quantitative estimate of drug-likeness (QED) is 0.699. The number of alkyl halides is 3. The molecular formula is C15H23F3N2O5. The van der Waals surface area contributed by atoms with Gasteiger partial charge in [0, 0.05) is 25.6 Å². The normalized spacial score (nSPS) is 22.0. The minimum Gasteiger partial charge on any atom is -0.481 e. The number of carboxylic acid groups (broad SMARTS) is 1. The van der Waals surface area contributed by atoms with E-state index in [4.69, 9.17) is 9.84 Å². The third kappa shape index (κ3) is 6.43. The van der Waals surface area contributed by atoms with Crippen LogP contribution in [-0.2, 0) is 14.3 Å². The van der Waals surface area contributed by atoms with Crippen molar-refractivity contribution in [2.24, 2.45) is 11.8 Å². The van der Waals surface area contributed by atoms with Gasteiger partial charge in [-0.15, -0.1) is 0 Å². The summed E-state index contributed by atoms with van der Waals surface area (Å²) in [4.78, 5) is 35.3. The molecule has 1 fully saturated rings. The molecule has 0 radical (unpaired) electrons. The number of amides is 2. The Morgan fingerprint density at radius 3 is 2.28 bits per heavy atom. The number of esters is 1. The van der Waals surface area contributed by atoms with Crippen molar-refractivity contribution in [1.29, 1.82) is 0 Å². The lowest BCUT2D eigenvalue weighted by Gasteiger charge is -2.21. The number of carboxylic acids is 1. The van der Waals surface area contributed by atoms with Crippen molar-refractivity contribution in [1.82, 2.24) is 10.2 Å². The van der Waals surface area contributed by atoms with Crippen LogP contribution < -0.4 is 5.32 Å². The molecule has 0 aromatic carbocycles. The van der Waals surface area contributed by atoms with Crippen LogP contribution in [0.15, 0.2) is 0 Å². The lowest BCUT2D eigenvalue weighted by molar-refractivity contribution is -0.187. The van der Waals surface area contributed by atoms with Gasteiger partial charge in [-0.1, -0.05) is 0 Å². The third-order valence-electron chi connectivity index (χ3n) is 3.86. The number of likely N-dealkylation sites (tertiary alicyclic amines) is 1. The van der Waals surface area contributed by atoms with E-state index in [1.54, 1.807) is 20.8 Å². The highest BCUT2D eigenvalue weighted by molar-refractivity contribution is 5.78. The van der Waals surface area contributed by atoms with E-state index in [-0.39, 0.29) is 18.9 Å². The average Bonchev–Trinajstić information content (AvgIpc) is 2.90. The average molecular weight is 368 g/mol.